The highest BCUT2D eigenvalue weighted by atomic mass is 16.4. The molecule has 13 heavy (non-hydrogen) atoms. The molecule has 0 amide bonds. The van der Waals surface area contributed by atoms with Crippen LogP contribution in [-0.4, -0.2) is 62.3 Å². The lowest BCUT2D eigenvalue weighted by Crippen LogP contribution is -2.45. The first-order chi connectivity index (χ1) is 5.91. The Morgan fingerprint density at radius 2 is 1.62 bits per heavy atom. The number of aliphatic hydroxyl groups excluding tert-OH is 5. The number of carbonyl (C=O) groups excluding carboxylic acids is 1. The van der Waals surface area contributed by atoms with Crippen LogP contribution in [-0.2, 0) is 4.79 Å². The van der Waals surface area contributed by atoms with E-state index < -0.39 is 36.8 Å². The predicted octanol–water partition coefficient (Wildman–Crippen LogP) is -2.99. The van der Waals surface area contributed by atoms with Crippen molar-refractivity contribution in [2.24, 2.45) is 0 Å². The quantitative estimate of drug-likeness (QED) is 0.318. The summed E-state index contributed by atoms with van der Waals surface area (Å²) in [5.41, 5.74) is 0. The summed E-state index contributed by atoms with van der Waals surface area (Å²) in [7, 11) is 0. The van der Waals surface area contributed by atoms with Crippen LogP contribution in [0.1, 0.15) is 6.92 Å². The number of rotatable bonds is 5. The van der Waals surface area contributed by atoms with Gasteiger partial charge in [0, 0.05) is 0 Å². The van der Waals surface area contributed by atoms with Crippen molar-refractivity contribution in [2.75, 3.05) is 6.61 Å². The van der Waals surface area contributed by atoms with E-state index >= 15 is 0 Å². The minimum absolute atomic E-state index is 0.792. The van der Waals surface area contributed by atoms with E-state index in [0.717, 1.165) is 0 Å². The molecule has 0 aromatic heterocycles. The Kier molecular flexibility index (Phi) is 5.04. The number of carbonyl (C=O) groups is 1. The Hall–Kier alpha value is -0.530. The molecule has 0 unspecified atom stereocenters. The highest BCUT2D eigenvalue weighted by Crippen LogP contribution is 2.02. The average molecular weight is 194 g/mol. The maximum atomic E-state index is 11.0. The van der Waals surface area contributed by atoms with Crippen molar-refractivity contribution < 1.29 is 30.3 Å². The van der Waals surface area contributed by atoms with Gasteiger partial charge in [0.1, 0.15) is 18.3 Å². The van der Waals surface area contributed by atoms with Gasteiger partial charge in [-0.3, -0.25) is 4.79 Å². The Morgan fingerprint density at radius 1 is 1.15 bits per heavy atom. The molecule has 5 N–H and O–H groups in total. The third-order valence-corrected chi connectivity index (χ3v) is 1.59. The van der Waals surface area contributed by atoms with E-state index in [1.165, 1.54) is 6.92 Å². The third kappa shape index (κ3) is 3.37. The molecule has 0 spiro atoms. The lowest BCUT2D eigenvalue weighted by Gasteiger charge is -2.19. The zero-order valence-electron chi connectivity index (χ0n) is 7.16. The van der Waals surface area contributed by atoms with E-state index in [-0.39, 0.29) is 0 Å². The van der Waals surface area contributed by atoms with Crippen molar-refractivity contribution in [3.05, 3.63) is 0 Å². The predicted molar refractivity (Wildman–Crippen MR) is 41.8 cm³/mol. The molecule has 0 saturated heterocycles. The van der Waals surface area contributed by atoms with E-state index in [1.54, 1.807) is 0 Å². The molecule has 0 fully saturated rings. The molecule has 0 aliphatic rings. The molecule has 0 rings (SSSR count). The van der Waals surface area contributed by atoms with Crippen LogP contribution in [0.25, 0.3) is 0 Å². The smallest absolute Gasteiger partial charge is 0.194 e. The summed E-state index contributed by atoms with van der Waals surface area (Å²) in [6.45, 7) is 0.375. The van der Waals surface area contributed by atoms with Crippen LogP contribution in [0.15, 0.2) is 0 Å². The van der Waals surface area contributed by atoms with Gasteiger partial charge >= 0.3 is 0 Å². The van der Waals surface area contributed by atoms with Gasteiger partial charge in [-0.15, -0.1) is 0 Å². The largest absolute Gasteiger partial charge is 0.394 e. The topological polar surface area (TPSA) is 118 Å². The van der Waals surface area contributed by atoms with Gasteiger partial charge < -0.3 is 25.5 Å². The van der Waals surface area contributed by atoms with Crippen molar-refractivity contribution in [2.45, 2.75) is 31.3 Å². The first-order valence-electron chi connectivity index (χ1n) is 3.78. The zero-order valence-corrected chi connectivity index (χ0v) is 7.16. The summed E-state index contributed by atoms with van der Waals surface area (Å²) in [6, 6.07) is 0. The summed E-state index contributed by atoms with van der Waals surface area (Å²) in [5, 5.41) is 43.9. The molecule has 4 atom stereocenters. The molecule has 0 aliphatic heterocycles. The molecular formula is C7H14O6. The molecule has 0 bridgehead atoms. The second-order valence-electron chi connectivity index (χ2n) is 2.78. The lowest BCUT2D eigenvalue weighted by molar-refractivity contribution is -0.148. The summed E-state index contributed by atoms with van der Waals surface area (Å²) < 4.78 is 0. The van der Waals surface area contributed by atoms with Crippen molar-refractivity contribution in [1.82, 2.24) is 0 Å². The van der Waals surface area contributed by atoms with Crippen LogP contribution >= 0.6 is 0 Å². The van der Waals surface area contributed by atoms with E-state index in [0.29, 0.717) is 0 Å². The number of hydrogen-bond acceptors (Lipinski definition) is 6. The van der Waals surface area contributed by atoms with Gasteiger partial charge in [0.25, 0.3) is 0 Å². The monoisotopic (exact) mass is 194 g/mol. The molecule has 0 aliphatic carbocycles. The Balaban J connectivity index is 4.25. The van der Waals surface area contributed by atoms with Crippen molar-refractivity contribution in [3.8, 4) is 0 Å². The van der Waals surface area contributed by atoms with Crippen LogP contribution in [0, 0.1) is 0 Å². The van der Waals surface area contributed by atoms with Gasteiger partial charge in [0.15, 0.2) is 5.78 Å². The number of aliphatic hydroxyl groups is 5. The highest BCUT2D eigenvalue weighted by Gasteiger charge is 2.31. The van der Waals surface area contributed by atoms with E-state index in [4.69, 9.17) is 25.5 Å². The average Bonchev–Trinajstić information content (AvgIpc) is 2.12. The van der Waals surface area contributed by atoms with Gasteiger partial charge in [-0.1, -0.05) is 0 Å². The lowest BCUT2D eigenvalue weighted by atomic mass is 10.0. The number of hydrogen-bond donors (Lipinski definition) is 5. The van der Waals surface area contributed by atoms with Gasteiger partial charge in [-0.2, -0.15) is 0 Å². The van der Waals surface area contributed by atoms with Crippen molar-refractivity contribution in [1.29, 1.82) is 0 Å². The van der Waals surface area contributed by atoms with Crippen LogP contribution < -0.4 is 0 Å². The minimum Gasteiger partial charge on any atom is -0.394 e. The fourth-order valence-electron chi connectivity index (χ4n) is 0.702. The summed E-state index contributed by atoms with van der Waals surface area (Å²) in [4.78, 5) is 11.0. The molecule has 0 aromatic carbocycles. The SMILES string of the molecule is C[C@@H](O)[C@@H](O)C(=O)[C@H](O)[C@@H](O)CO. The van der Waals surface area contributed by atoms with Crippen LogP contribution in [0.3, 0.4) is 0 Å². The maximum Gasteiger partial charge on any atom is 0.194 e. The molecule has 6 nitrogen and oxygen atoms in total. The van der Waals surface area contributed by atoms with Gasteiger partial charge in [0.05, 0.1) is 12.7 Å². The summed E-state index contributed by atoms with van der Waals surface area (Å²) in [5.74, 6) is -1.11. The van der Waals surface area contributed by atoms with Crippen LogP contribution in [0.2, 0.25) is 0 Å². The van der Waals surface area contributed by atoms with E-state index in [1.807, 2.05) is 0 Å². The van der Waals surface area contributed by atoms with E-state index in [2.05, 4.69) is 0 Å². The fraction of sp³-hybridized carbons (Fsp3) is 0.857. The minimum atomic E-state index is -1.88. The molecular weight excluding hydrogens is 180 g/mol. The van der Waals surface area contributed by atoms with Gasteiger partial charge in [-0.05, 0) is 6.92 Å². The second-order valence-corrected chi connectivity index (χ2v) is 2.78. The van der Waals surface area contributed by atoms with Crippen LogP contribution in [0.4, 0.5) is 0 Å². The molecule has 0 radical (unpaired) electrons. The summed E-state index contributed by atoms with van der Waals surface area (Å²) in [6.07, 6.45) is -6.60. The zero-order chi connectivity index (χ0) is 10.6. The Labute approximate surface area is 75.1 Å². The highest BCUT2D eigenvalue weighted by molar-refractivity contribution is 5.87. The third-order valence-electron chi connectivity index (χ3n) is 1.59. The van der Waals surface area contributed by atoms with Gasteiger partial charge in [0.2, 0.25) is 0 Å². The second kappa shape index (κ2) is 5.25. The first-order valence-corrected chi connectivity index (χ1v) is 3.78. The first kappa shape index (κ1) is 12.5. The number of ketones is 1. The summed E-state index contributed by atoms with van der Waals surface area (Å²) >= 11 is 0. The fourth-order valence-corrected chi connectivity index (χ4v) is 0.702. The van der Waals surface area contributed by atoms with Crippen LogP contribution in [0.5, 0.6) is 0 Å². The molecule has 78 valence electrons. The standard InChI is InChI=1S/C7H14O6/c1-3(9)5(11)7(13)6(12)4(10)2-8/h3-6,8-12H,2H2,1H3/t3-,4+,5-,6-/m1/s1. The van der Waals surface area contributed by atoms with Crippen molar-refractivity contribution >= 4 is 5.78 Å². The van der Waals surface area contributed by atoms with E-state index in [9.17, 15) is 4.79 Å². The Morgan fingerprint density at radius 3 is 1.92 bits per heavy atom. The number of Topliss-reactive ketones (excluding diaryl/α,β-unsaturated/α-hetero) is 1. The molecule has 0 heterocycles. The molecule has 6 heteroatoms. The molecule has 0 aromatic rings. The van der Waals surface area contributed by atoms with Crippen molar-refractivity contribution in [3.63, 3.8) is 0 Å². The molecule has 0 saturated carbocycles. The Bertz CT molecular complexity index is 168. The maximum absolute atomic E-state index is 11.0. The normalized spacial score (nSPS) is 20.5. The van der Waals surface area contributed by atoms with Gasteiger partial charge in [-0.25, -0.2) is 0 Å².